The number of aliphatic carboxylic acids is 2. The van der Waals surface area contributed by atoms with Crippen molar-refractivity contribution in [3.63, 3.8) is 0 Å². The molecule has 1 aliphatic heterocycles. The lowest BCUT2D eigenvalue weighted by atomic mass is 10.1. The Bertz CT molecular complexity index is 911. The second kappa shape index (κ2) is 9.40. The predicted octanol–water partition coefficient (Wildman–Crippen LogP) is 2.71. The Balaban J connectivity index is 0.000000300. The van der Waals surface area contributed by atoms with Crippen molar-refractivity contribution < 1.29 is 29.3 Å². The molecule has 0 saturated heterocycles. The van der Waals surface area contributed by atoms with Crippen LogP contribution in [0.2, 0.25) is 0 Å². The average Bonchev–Trinajstić information content (AvgIpc) is 3.12. The fourth-order valence-electron chi connectivity index (χ4n) is 2.81. The first-order chi connectivity index (χ1) is 13.4. The van der Waals surface area contributed by atoms with E-state index in [4.69, 9.17) is 19.7 Å². The third-order valence-corrected chi connectivity index (χ3v) is 4.07. The van der Waals surface area contributed by atoms with Gasteiger partial charge in [-0.15, -0.1) is 0 Å². The van der Waals surface area contributed by atoms with Crippen molar-refractivity contribution >= 4 is 17.7 Å². The molecule has 1 aromatic carbocycles. The fourth-order valence-corrected chi connectivity index (χ4v) is 2.81. The van der Waals surface area contributed by atoms with Crippen molar-refractivity contribution in [3.05, 3.63) is 48.2 Å². The van der Waals surface area contributed by atoms with E-state index in [1.807, 2.05) is 12.1 Å². The Labute approximate surface area is 162 Å². The number of aromatic nitrogens is 1. The van der Waals surface area contributed by atoms with Crippen molar-refractivity contribution in [1.82, 2.24) is 4.57 Å². The van der Waals surface area contributed by atoms with Crippen molar-refractivity contribution in [2.45, 2.75) is 13.5 Å². The number of carboxylic acids is 2. The minimum Gasteiger partial charge on any atom is -0.493 e. The monoisotopic (exact) mass is 386 g/mol. The predicted molar refractivity (Wildman–Crippen MR) is 104 cm³/mol. The molecule has 28 heavy (non-hydrogen) atoms. The first kappa shape index (κ1) is 20.8. The van der Waals surface area contributed by atoms with Gasteiger partial charge in [0.2, 0.25) is 0 Å². The van der Waals surface area contributed by atoms with Crippen molar-refractivity contribution in [1.29, 1.82) is 0 Å². The topological polar surface area (TPSA) is 110 Å². The molecule has 0 bridgehead atoms. The van der Waals surface area contributed by atoms with Gasteiger partial charge in [-0.25, -0.2) is 9.59 Å². The molecular weight excluding hydrogens is 364 g/mol. The summed E-state index contributed by atoms with van der Waals surface area (Å²) in [5.41, 5.74) is 4.61. The van der Waals surface area contributed by atoms with Crippen LogP contribution in [0, 0.1) is 0 Å². The van der Waals surface area contributed by atoms with Crippen LogP contribution in [0.1, 0.15) is 12.6 Å². The van der Waals surface area contributed by atoms with Gasteiger partial charge in [0.05, 0.1) is 32.2 Å². The molecular formula is C20H22N2O6. The van der Waals surface area contributed by atoms with Crippen LogP contribution in [0.3, 0.4) is 0 Å². The number of benzene rings is 1. The number of carboxylic acid groups (broad SMARTS) is 2. The van der Waals surface area contributed by atoms with Gasteiger partial charge in [0.15, 0.2) is 11.5 Å². The molecule has 2 heterocycles. The Morgan fingerprint density at radius 3 is 2.18 bits per heavy atom. The van der Waals surface area contributed by atoms with Crippen LogP contribution in [0.5, 0.6) is 11.5 Å². The van der Waals surface area contributed by atoms with Crippen LogP contribution in [-0.2, 0) is 16.1 Å². The number of fused-ring (bicyclic) bond motifs is 1. The summed E-state index contributed by atoms with van der Waals surface area (Å²) in [6.07, 6.45) is 1.12. The summed E-state index contributed by atoms with van der Waals surface area (Å²) in [5.74, 6) is -1.01. The van der Waals surface area contributed by atoms with E-state index in [1.54, 1.807) is 14.2 Å². The molecule has 0 saturated carbocycles. The highest BCUT2D eigenvalue weighted by molar-refractivity contribution is 5.98. The van der Waals surface area contributed by atoms with Crippen LogP contribution >= 0.6 is 0 Å². The number of methoxy groups -OCH3 is 2. The van der Waals surface area contributed by atoms with E-state index < -0.39 is 11.9 Å². The van der Waals surface area contributed by atoms with Gasteiger partial charge in [-0.1, -0.05) is 0 Å². The highest BCUT2D eigenvalue weighted by atomic mass is 16.5. The SMILES string of the molecule is COc1ccc(-c2ccc3n2CCN=C3C)cc1OC.O=C(O)/C=C/C(=O)O. The summed E-state index contributed by atoms with van der Waals surface area (Å²) in [6, 6.07) is 10.3. The smallest absolute Gasteiger partial charge is 0.328 e. The number of rotatable bonds is 5. The molecule has 1 aliphatic rings. The van der Waals surface area contributed by atoms with E-state index in [0.717, 1.165) is 35.9 Å². The normalized spacial score (nSPS) is 12.5. The number of ether oxygens (including phenoxy) is 2. The molecule has 0 atom stereocenters. The number of hydrogen-bond donors (Lipinski definition) is 2. The number of carbonyl (C=O) groups is 2. The molecule has 8 heteroatoms. The number of hydrogen-bond acceptors (Lipinski definition) is 5. The Morgan fingerprint density at radius 2 is 1.61 bits per heavy atom. The molecule has 0 unspecified atom stereocenters. The van der Waals surface area contributed by atoms with E-state index in [-0.39, 0.29) is 0 Å². The van der Waals surface area contributed by atoms with Crippen molar-refractivity contribution in [3.8, 4) is 22.8 Å². The fraction of sp³-hybridized carbons (Fsp3) is 0.250. The lowest BCUT2D eigenvalue weighted by molar-refractivity contribution is -0.134. The summed E-state index contributed by atoms with van der Waals surface area (Å²) in [7, 11) is 3.31. The summed E-state index contributed by atoms with van der Waals surface area (Å²) in [5, 5.41) is 15.6. The Hall–Kier alpha value is -3.55. The molecule has 2 aromatic rings. The molecule has 0 spiro atoms. The molecule has 3 rings (SSSR count). The first-order valence-corrected chi connectivity index (χ1v) is 8.44. The molecule has 0 radical (unpaired) electrons. The van der Waals surface area contributed by atoms with Gasteiger partial charge in [-0.05, 0) is 37.3 Å². The summed E-state index contributed by atoms with van der Waals surface area (Å²) >= 11 is 0. The molecule has 8 nitrogen and oxygen atoms in total. The second-order valence-corrected chi connectivity index (χ2v) is 5.80. The summed E-state index contributed by atoms with van der Waals surface area (Å²) in [6.45, 7) is 3.82. The summed E-state index contributed by atoms with van der Waals surface area (Å²) in [4.78, 5) is 23.6. The van der Waals surface area contributed by atoms with Gasteiger partial charge in [-0.2, -0.15) is 0 Å². The number of nitrogens with zero attached hydrogens (tertiary/aromatic N) is 2. The zero-order valence-corrected chi connectivity index (χ0v) is 15.9. The minimum absolute atomic E-state index is 0.558. The highest BCUT2D eigenvalue weighted by Gasteiger charge is 2.16. The second-order valence-electron chi connectivity index (χ2n) is 5.80. The quantitative estimate of drug-likeness (QED) is 0.765. The van der Waals surface area contributed by atoms with Gasteiger partial charge in [0.25, 0.3) is 0 Å². The average molecular weight is 386 g/mol. The van der Waals surface area contributed by atoms with Crippen LogP contribution in [0.15, 0.2) is 47.5 Å². The third-order valence-electron chi connectivity index (χ3n) is 4.07. The molecule has 2 N–H and O–H groups in total. The molecule has 148 valence electrons. The summed E-state index contributed by atoms with van der Waals surface area (Å²) < 4.78 is 13.0. The van der Waals surface area contributed by atoms with E-state index >= 15 is 0 Å². The van der Waals surface area contributed by atoms with Crippen molar-refractivity contribution in [2.24, 2.45) is 4.99 Å². The van der Waals surface area contributed by atoms with Crippen LogP contribution in [-0.4, -0.2) is 53.2 Å². The van der Waals surface area contributed by atoms with Crippen LogP contribution in [0.4, 0.5) is 0 Å². The zero-order chi connectivity index (χ0) is 20.7. The van der Waals surface area contributed by atoms with E-state index in [9.17, 15) is 9.59 Å². The lowest BCUT2D eigenvalue weighted by Gasteiger charge is -2.17. The van der Waals surface area contributed by atoms with Gasteiger partial charge in [0, 0.05) is 30.0 Å². The van der Waals surface area contributed by atoms with Gasteiger partial charge < -0.3 is 24.3 Å². The van der Waals surface area contributed by atoms with Gasteiger partial charge >= 0.3 is 11.9 Å². The maximum atomic E-state index is 9.55. The van der Waals surface area contributed by atoms with Crippen LogP contribution < -0.4 is 9.47 Å². The maximum Gasteiger partial charge on any atom is 0.328 e. The van der Waals surface area contributed by atoms with Crippen molar-refractivity contribution in [2.75, 3.05) is 20.8 Å². The molecule has 1 aromatic heterocycles. The molecule has 0 amide bonds. The van der Waals surface area contributed by atoms with Gasteiger partial charge in [0.1, 0.15) is 0 Å². The first-order valence-electron chi connectivity index (χ1n) is 8.44. The Morgan fingerprint density at radius 1 is 1.00 bits per heavy atom. The van der Waals surface area contributed by atoms with E-state index in [1.165, 1.54) is 11.4 Å². The standard InChI is InChI=1S/C16H18N2O2.C4H4O4/c1-11-13-5-6-14(18(13)9-8-17-11)12-4-7-15(19-2)16(10-12)20-3;5-3(6)1-2-4(7)8/h4-7,10H,8-9H2,1-3H3;1-2H,(H,5,6)(H,7,8)/b;2-1+. The van der Waals surface area contributed by atoms with Crippen LogP contribution in [0.25, 0.3) is 11.3 Å². The highest BCUT2D eigenvalue weighted by Crippen LogP contribution is 2.33. The molecule has 0 aliphatic carbocycles. The maximum absolute atomic E-state index is 9.55. The lowest BCUT2D eigenvalue weighted by Crippen LogP contribution is -2.16. The van der Waals surface area contributed by atoms with Gasteiger partial charge in [-0.3, -0.25) is 4.99 Å². The number of aliphatic imine (C=N–C) groups is 1. The van der Waals surface area contributed by atoms with E-state index in [0.29, 0.717) is 12.2 Å². The third kappa shape index (κ3) is 5.00. The van der Waals surface area contributed by atoms with E-state index in [2.05, 4.69) is 34.7 Å². The largest absolute Gasteiger partial charge is 0.493 e. The zero-order valence-electron chi connectivity index (χ0n) is 15.9. The Kier molecular flexibility index (Phi) is 6.97. The molecule has 0 fully saturated rings. The minimum atomic E-state index is -1.26.